The monoisotopic (exact) mass is 389 g/mol. The highest BCUT2D eigenvalue weighted by Gasteiger charge is 2.11. The van der Waals surface area contributed by atoms with E-state index >= 15 is 0 Å². The molecule has 2 aromatic carbocycles. The molecule has 2 N–H and O–H groups in total. The lowest BCUT2D eigenvalue weighted by Crippen LogP contribution is -2.14. The van der Waals surface area contributed by atoms with Gasteiger partial charge in [0.1, 0.15) is 0 Å². The van der Waals surface area contributed by atoms with Gasteiger partial charge in [-0.25, -0.2) is 4.79 Å². The number of anilines is 2. The van der Waals surface area contributed by atoms with Crippen molar-refractivity contribution in [1.29, 1.82) is 0 Å². The summed E-state index contributed by atoms with van der Waals surface area (Å²) in [5.41, 5.74) is 3.35. The Balaban J connectivity index is 1.65. The van der Waals surface area contributed by atoms with E-state index in [9.17, 15) is 9.59 Å². The smallest absolute Gasteiger partial charge is 0.338 e. The van der Waals surface area contributed by atoms with Gasteiger partial charge in [0.15, 0.2) is 0 Å². The van der Waals surface area contributed by atoms with Gasteiger partial charge in [-0.3, -0.25) is 9.78 Å². The fraction of sp³-hybridized carbons (Fsp3) is 0.174. The summed E-state index contributed by atoms with van der Waals surface area (Å²) in [6.45, 7) is 4.12. The van der Waals surface area contributed by atoms with E-state index in [4.69, 9.17) is 4.74 Å². The molecule has 1 atom stereocenters. The van der Waals surface area contributed by atoms with E-state index in [1.54, 1.807) is 43.5 Å². The van der Waals surface area contributed by atoms with Crippen LogP contribution in [0.1, 0.15) is 46.2 Å². The van der Waals surface area contributed by atoms with Crippen molar-refractivity contribution in [3.8, 4) is 0 Å². The largest absolute Gasteiger partial charge is 0.462 e. The molecule has 3 aromatic rings. The van der Waals surface area contributed by atoms with Crippen LogP contribution in [-0.2, 0) is 4.74 Å². The van der Waals surface area contributed by atoms with Crippen molar-refractivity contribution in [3.63, 3.8) is 0 Å². The average molecular weight is 389 g/mol. The number of rotatable bonds is 7. The first-order chi connectivity index (χ1) is 14.1. The van der Waals surface area contributed by atoms with Gasteiger partial charge in [-0.1, -0.05) is 30.3 Å². The van der Waals surface area contributed by atoms with Crippen molar-refractivity contribution in [2.75, 3.05) is 17.2 Å². The first kappa shape index (κ1) is 20.1. The molecule has 1 unspecified atom stereocenters. The molecule has 0 saturated carbocycles. The Morgan fingerprint density at radius 2 is 1.69 bits per heavy atom. The second-order valence-electron chi connectivity index (χ2n) is 6.49. The summed E-state index contributed by atoms with van der Waals surface area (Å²) in [4.78, 5) is 28.4. The zero-order valence-electron chi connectivity index (χ0n) is 16.4. The van der Waals surface area contributed by atoms with E-state index in [1.807, 2.05) is 37.3 Å². The lowest BCUT2D eigenvalue weighted by atomic mass is 10.1. The van der Waals surface area contributed by atoms with Gasteiger partial charge >= 0.3 is 5.97 Å². The van der Waals surface area contributed by atoms with E-state index in [2.05, 4.69) is 15.6 Å². The zero-order chi connectivity index (χ0) is 20.6. The summed E-state index contributed by atoms with van der Waals surface area (Å²) in [5, 5.41) is 6.17. The van der Waals surface area contributed by atoms with Crippen LogP contribution in [0.15, 0.2) is 73.1 Å². The number of ether oxygens (including phenoxy) is 1. The predicted octanol–water partition coefficient (Wildman–Crippen LogP) is 4.68. The van der Waals surface area contributed by atoms with Gasteiger partial charge in [0.2, 0.25) is 0 Å². The Morgan fingerprint density at radius 3 is 2.38 bits per heavy atom. The molecule has 6 heteroatoms. The summed E-state index contributed by atoms with van der Waals surface area (Å²) in [6.07, 6.45) is 3.20. The molecule has 148 valence electrons. The lowest BCUT2D eigenvalue weighted by Gasteiger charge is -2.16. The Hall–Kier alpha value is -3.67. The molecule has 0 aliphatic carbocycles. The van der Waals surface area contributed by atoms with Crippen molar-refractivity contribution < 1.29 is 14.3 Å². The minimum Gasteiger partial charge on any atom is -0.462 e. The molecule has 0 aliphatic heterocycles. The van der Waals surface area contributed by atoms with Gasteiger partial charge in [0.05, 0.1) is 23.4 Å². The van der Waals surface area contributed by atoms with Crippen molar-refractivity contribution in [2.45, 2.75) is 19.9 Å². The van der Waals surface area contributed by atoms with Gasteiger partial charge in [-0.05, 0) is 49.7 Å². The first-order valence-corrected chi connectivity index (χ1v) is 9.42. The van der Waals surface area contributed by atoms with Crippen LogP contribution in [-0.4, -0.2) is 23.5 Å². The van der Waals surface area contributed by atoms with Crippen LogP contribution >= 0.6 is 0 Å². The molecule has 3 rings (SSSR count). The number of carbonyl (C=O) groups is 2. The molecule has 0 saturated heterocycles. The summed E-state index contributed by atoms with van der Waals surface area (Å²) in [6, 6.07) is 18.4. The molecular weight excluding hydrogens is 366 g/mol. The van der Waals surface area contributed by atoms with Crippen LogP contribution in [0.4, 0.5) is 11.4 Å². The summed E-state index contributed by atoms with van der Waals surface area (Å²) in [7, 11) is 0. The second-order valence-corrected chi connectivity index (χ2v) is 6.49. The Labute approximate surface area is 169 Å². The number of hydrogen-bond acceptors (Lipinski definition) is 5. The third kappa shape index (κ3) is 5.42. The van der Waals surface area contributed by atoms with Crippen LogP contribution in [0.5, 0.6) is 0 Å². The predicted molar refractivity (Wildman–Crippen MR) is 113 cm³/mol. The first-order valence-electron chi connectivity index (χ1n) is 9.42. The van der Waals surface area contributed by atoms with Crippen molar-refractivity contribution in [2.24, 2.45) is 0 Å². The normalized spacial score (nSPS) is 11.4. The Bertz CT molecular complexity index is 972. The van der Waals surface area contributed by atoms with E-state index in [0.29, 0.717) is 23.4 Å². The van der Waals surface area contributed by atoms with E-state index in [1.165, 1.54) is 6.20 Å². The topological polar surface area (TPSA) is 80.3 Å². The lowest BCUT2D eigenvalue weighted by molar-refractivity contribution is 0.0526. The van der Waals surface area contributed by atoms with Gasteiger partial charge in [-0.2, -0.15) is 0 Å². The van der Waals surface area contributed by atoms with Crippen molar-refractivity contribution in [1.82, 2.24) is 4.98 Å². The molecule has 0 radical (unpaired) electrons. The molecule has 1 heterocycles. The summed E-state index contributed by atoms with van der Waals surface area (Å²) < 4.78 is 4.95. The Morgan fingerprint density at radius 1 is 0.966 bits per heavy atom. The van der Waals surface area contributed by atoms with Crippen LogP contribution in [0, 0.1) is 0 Å². The molecule has 6 nitrogen and oxygen atoms in total. The summed E-state index contributed by atoms with van der Waals surface area (Å²) in [5.74, 6) is -0.668. The molecule has 0 aliphatic rings. The quantitative estimate of drug-likeness (QED) is 0.573. The fourth-order valence-electron chi connectivity index (χ4n) is 2.83. The molecule has 29 heavy (non-hydrogen) atoms. The van der Waals surface area contributed by atoms with Crippen LogP contribution < -0.4 is 10.6 Å². The molecule has 1 amide bonds. The third-order valence-electron chi connectivity index (χ3n) is 4.34. The van der Waals surface area contributed by atoms with E-state index < -0.39 is 0 Å². The number of nitrogens with one attached hydrogen (secondary N) is 2. The minimum absolute atomic E-state index is 0.0757. The number of pyridine rings is 1. The van der Waals surface area contributed by atoms with Crippen LogP contribution in [0.3, 0.4) is 0 Å². The average Bonchev–Trinajstić information content (AvgIpc) is 2.75. The zero-order valence-corrected chi connectivity index (χ0v) is 16.4. The number of nitrogens with zero attached hydrogens (tertiary/aromatic N) is 1. The number of esters is 1. The molecule has 0 bridgehead atoms. The third-order valence-corrected chi connectivity index (χ3v) is 4.34. The van der Waals surface area contributed by atoms with E-state index in [-0.39, 0.29) is 17.9 Å². The van der Waals surface area contributed by atoms with E-state index in [0.717, 1.165) is 11.3 Å². The van der Waals surface area contributed by atoms with Gasteiger partial charge < -0.3 is 15.4 Å². The minimum atomic E-state index is -0.388. The van der Waals surface area contributed by atoms with Crippen LogP contribution in [0.2, 0.25) is 0 Å². The highest BCUT2D eigenvalue weighted by molar-refractivity contribution is 6.04. The van der Waals surface area contributed by atoms with Gasteiger partial charge in [0, 0.05) is 24.1 Å². The summed E-state index contributed by atoms with van der Waals surface area (Å²) >= 11 is 0. The number of hydrogen-bond donors (Lipinski definition) is 2. The number of amides is 1. The maximum Gasteiger partial charge on any atom is 0.338 e. The Kier molecular flexibility index (Phi) is 6.58. The van der Waals surface area contributed by atoms with Crippen molar-refractivity contribution >= 4 is 23.3 Å². The molecule has 0 spiro atoms. The fourth-order valence-corrected chi connectivity index (χ4v) is 2.83. The number of benzene rings is 2. The standard InChI is InChI=1S/C23H23N3O3/c1-3-29-23(28)18-9-11-20(12-10-18)26-22(27)19-13-21(15-24-14-19)25-16(2)17-7-5-4-6-8-17/h4-16,25H,3H2,1-2H3,(H,26,27). The van der Waals surface area contributed by atoms with Gasteiger partial charge in [0.25, 0.3) is 5.91 Å². The number of aromatic nitrogens is 1. The van der Waals surface area contributed by atoms with Gasteiger partial charge in [-0.15, -0.1) is 0 Å². The highest BCUT2D eigenvalue weighted by Crippen LogP contribution is 2.20. The molecule has 0 fully saturated rings. The highest BCUT2D eigenvalue weighted by atomic mass is 16.5. The molecular formula is C23H23N3O3. The SMILES string of the molecule is CCOC(=O)c1ccc(NC(=O)c2cncc(NC(C)c3ccccc3)c2)cc1. The van der Waals surface area contributed by atoms with Crippen LogP contribution in [0.25, 0.3) is 0 Å². The second kappa shape index (κ2) is 9.50. The number of carbonyl (C=O) groups excluding carboxylic acids is 2. The maximum absolute atomic E-state index is 12.6. The molecule has 1 aromatic heterocycles. The maximum atomic E-state index is 12.6. The van der Waals surface area contributed by atoms with Crippen molar-refractivity contribution in [3.05, 3.63) is 89.7 Å².